The van der Waals surface area contributed by atoms with Crippen LogP contribution in [0.15, 0.2) is 108 Å². The molecular formula is C28H27BrN2O2. The standard InChI is InChI=1S/C28H27BrN2O2/c29-26-15-13-24(14-16-26)18-30-17-7-12-27(30)20-31(19-23-8-3-1-4-9-23)28(32)22-33-21-25-10-5-2-6-11-25/h1-17H,18-22H2. The lowest BCUT2D eigenvalue weighted by Gasteiger charge is -2.24. The van der Waals surface area contributed by atoms with Crippen LogP contribution >= 0.6 is 15.9 Å². The number of amides is 1. The zero-order valence-corrected chi connectivity index (χ0v) is 20.0. The quantitative estimate of drug-likeness (QED) is 0.264. The summed E-state index contributed by atoms with van der Waals surface area (Å²) in [6, 6.07) is 32.4. The topological polar surface area (TPSA) is 34.5 Å². The molecule has 0 bridgehead atoms. The first-order chi connectivity index (χ1) is 16.2. The smallest absolute Gasteiger partial charge is 0.249 e. The van der Waals surface area contributed by atoms with Gasteiger partial charge in [0.25, 0.3) is 0 Å². The molecule has 0 N–H and O–H groups in total. The minimum Gasteiger partial charge on any atom is -0.367 e. The van der Waals surface area contributed by atoms with Gasteiger partial charge < -0.3 is 14.2 Å². The van der Waals surface area contributed by atoms with E-state index in [1.54, 1.807) is 0 Å². The fourth-order valence-corrected chi connectivity index (χ4v) is 3.95. The number of rotatable bonds is 10. The SMILES string of the molecule is O=C(COCc1ccccc1)N(Cc1ccccc1)Cc1cccn1Cc1ccc(Br)cc1. The molecule has 0 atom stereocenters. The third-order valence-corrected chi connectivity index (χ3v) is 5.98. The number of aromatic nitrogens is 1. The minimum atomic E-state index is -0.0221. The molecule has 0 unspecified atom stereocenters. The highest BCUT2D eigenvalue weighted by Gasteiger charge is 2.17. The molecule has 0 fully saturated rings. The van der Waals surface area contributed by atoms with E-state index in [9.17, 15) is 4.79 Å². The van der Waals surface area contributed by atoms with Crippen LogP contribution in [0.4, 0.5) is 0 Å². The highest BCUT2D eigenvalue weighted by molar-refractivity contribution is 9.10. The third-order valence-electron chi connectivity index (χ3n) is 5.45. The molecule has 3 aromatic carbocycles. The zero-order valence-electron chi connectivity index (χ0n) is 18.4. The first-order valence-electron chi connectivity index (χ1n) is 11.0. The van der Waals surface area contributed by atoms with Crippen LogP contribution in [-0.4, -0.2) is 22.0 Å². The second kappa shape index (κ2) is 11.6. The van der Waals surface area contributed by atoms with E-state index in [4.69, 9.17) is 4.74 Å². The van der Waals surface area contributed by atoms with Crippen molar-refractivity contribution in [1.82, 2.24) is 9.47 Å². The van der Waals surface area contributed by atoms with Gasteiger partial charge in [0.2, 0.25) is 5.91 Å². The van der Waals surface area contributed by atoms with E-state index >= 15 is 0 Å². The summed E-state index contributed by atoms with van der Waals surface area (Å²) in [6.45, 7) is 2.29. The van der Waals surface area contributed by atoms with E-state index in [0.29, 0.717) is 19.7 Å². The number of benzene rings is 3. The van der Waals surface area contributed by atoms with Crippen LogP contribution in [0.25, 0.3) is 0 Å². The average molecular weight is 503 g/mol. The maximum Gasteiger partial charge on any atom is 0.249 e. The zero-order chi connectivity index (χ0) is 22.9. The highest BCUT2D eigenvalue weighted by Crippen LogP contribution is 2.16. The Hall–Kier alpha value is -3.15. The van der Waals surface area contributed by atoms with Crippen LogP contribution in [0.5, 0.6) is 0 Å². The Labute approximate surface area is 203 Å². The second-order valence-corrected chi connectivity index (χ2v) is 8.88. The lowest BCUT2D eigenvalue weighted by molar-refractivity contribution is -0.138. The van der Waals surface area contributed by atoms with Crippen LogP contribution in [0.1, 0.15) is 22.4 Å². The van der Waals surface area contributed by atoms with Crippen molar-refractivity contribution in [2.24, 2.45) is 0 Å². The van der Waals surface area contributed by atoms with Crippen molar-refractivity contribution in [2.75, 3.05) is 6.61 Å². The fourth-order valence-electron chi connectivity index (χ4n) is 3.69. The van der Waals surface area contributed by atoms with Crippen molar-refractivity contribution in [3.05, 3.63) is 130 Å². The van der Waals surface area contributed by atoms with Gasteiger partial charge in [-0.05, 0) is 41.0 Å². The lowest BCUT2D eigenvalue weighted by Crippen LogP contribution is -2.34. The molecule has 4 aromatic rings. The third kappa shape index (κ3) is 6.91. The Balaban J connectivity index is 1.45. The molecule has 0 aliphatic rings. The molecule has 0 saturated heterocycles. The first-order valence-corrected chi connectivity index (χ1v) is 11.8. The van der Waals surface area contributed by atoms with Crippen LogP contribution < -0.4 is 0 Å². The lowest BCUT2D eigenvalue weighted by atomic mass is 10.2. The molecule has 0 spiro atoms. The van der Waals surface area contributed by atoms with Gasteiger partial charge in [0.1, 0.15) is 6.61 Å². The van der Waals surface area contributed by atoms with E-state index in [1.165, 1.54) is 5.56 Å². The molecule has 168 valence electrons. The Morgan fingerprint density at radius 1 is 0.758 bits per heavy atom. The molecule has 0 aliphatic heterocycles. The molecule has 0 radical (unpaired) electrons. The van der Waals surface area contributed by atoms with E-state index in [-0.39, 0.29) is 12.5 Å². The average Bonchev–Trinajstić information content (AvgIpc) is 3.28. The summed E-state index contributed by atoms with van der Waals surface area (Å²) < 4.78 is 9.01. The Morgan fingerprint density at radius 3 is 2.12 bits per heavy atom. The van der Waals surface area contributed by atoms with Crippen molar-refractivity contribution in [3.8, 4) is 0 Å². The maximum absolute atomic E-state index is 13.2. The van der Waals surface area contributed by atoms with Gasteiger partial charge in [-0.15, -0.1) is 0 Å². The Kier molecular flexibility index (Phi) is 8.12. The number of carbonyl (C=O) groups is 1. The first kappa shape index (κ1) is 23.0. The summed E-state index contributed by atoms with van der Waals surface area (Å²) in [7, 11) is 0. The summed E-state index contributed by atoms with van der Waals surface area (Å²) in [5.41, 5.74) is 4.45. The normalized spacial score (nSPS) is 10.8. The van der Waals surface area contributed by atoms with E-state index in [1.807, 2.05) is 83.8 Å². The maximum atomic E-state index is 13.2. The van der Waals surface area contributed by atoms with Gasteiger partial charge in [-0.25, -0.2) is 0 Å². The number of ether oxygens (including phenoxy) is 1. The van der Waals surface area contributed by atoms with Gasteiger partial charge in [0.15, 0.2) is 0 Å². The summed E-state index contributed by atoms with van der Waals surface area (Å²) >= 11 is 3.49. The predicted octanol–water partition coefficient (Wildman–Crippen LogP) is 6.04. The molecule has 4 rings (SSSR count). The van der Waals surface area contributed by atoms with E-state index < -0.39 is 0 Å². The number of hydrogen-bond acceptors (Lipinski definition) is 2. The molecule has 1 heterocycles. The van der Waals surface area contributed by atoms with Gasteiger partial charge in [0.05, 0.1) is 13.2 Å². The van der Waals surface area contributed by atoms with Gasteiger partial charge in [-0.3, -0.25) is 4.79 Å². The van der Waals surface area contributed by atoms with Crippen molar-refractivity contribution in [3.63, 3.8) is 0 Å². The monoisotopic (exact) mass is 502 g/mol. The number of halogens is 1. The molecule has 5 heteroatoms. The molecule has 1 amide bonds. The molecular weight excluding hydrogens is 476 g/mol. The van der Waals surface area contributed by atoms with Gasteiger partial charge in [-0.1, -0.05) is 88.7 Å². The molecule has 0 aliphatic carbocycles. The van der Waals surface area contributed by atoms with Gasteiger partial charge in [-0.2, -0.15) is 0 Å². The second-order valence-electron chi connectivity index (χ2n) is 7.97. The fraction of sp³-hybridized carbons (Fsp3) is 0.179. The molecule has 33 heavy (non-hydrogen) atoms. The van der Waals surface area contributed by atoms with E-state index in [0.717, 1.165) is 27.8 Å². The predicted molar refractivity (Wildman–Crippen MR) is 134 cm³/mol. The Bertz CT molecular complexity index is 1140. The van der Waals surface area contributed by atoms with Crippen LogP contribution in [0.2, 0.25) is 0 Å². The largest absolute Gasteiger partial charge is 0.367 e. The van der Waals surface area contributed by atoms with E-state index in [2.05, 4.69) is 44.9 Å². The number of nitrogens with zero attached hydrogens (tertiary/aromatic N) is 2. The van der Waals surface area contributed by atoms with Gasteiger partial charge in [0, 0.05) is 29.5 Å². The van der Waals surface area contributed by atoms with Crippen LogP contribution in [0, 0.1) is 0 Å². The summed E-state index contributed by atoms with van der Waals surface area (Å²) in [4.78, 5) is 15.0. The highest BCUT2D eigenvalue weighted by atomic mass is 79.9. The van der Waals surface area contributed by atoms with Crippen molar-refractivity contribution < 1.29 is 9.53 Å². The number of carbonyl (C=O) groups excluding carboxylic acids is 1. The minimum absolute atomic E-state index is 0.0221. The van der Waals surface area contributed by atoms with Crippen LogP contribution in [-0.2, 0) is 35.8 Å². The van der Waals surface area contributed by atoms with Crippen molar-refractivity contribution >= 4 is 21.8 Å². The van der Waals surface area contributed by atoms with Crippen LogP contribution in [0.3, 0.4) is 0 Å². The van der Waals surface area contributed by atoms with Crippen molar-refractivity contribution in [2.45, 2.75) is 26.2 Å². The number of hydrogen-bond donors (Lipinski definition) is 0. The molecule has 1 aromatic heterocycles. The summed E-state index contributed by atoms with van der Waals surface area (Å²) in [5, 5.41) is 0. The van der Waals surface area contributed by atoms with Gasteiger partial charge >= 0.3 is 0 Å². The molecule has 0 saturated carbocycles. The van der Waals surface area contributed by atoms with Crippen molar-refractivity contribution in [1.29, 1.82) is 0 Å². The Morgan fingerprint density at radius 2 is 1.42 bits per heavy atom. The summed E-state index contributed by atoms with van der Waals surface area (Å²) in [5.74, 6) is -0.0221. The summed E-state index contributed by atoms with van der Waals surface area (Å²) in [6.07, 6.45) is 2.06. The molecule has 4 nitrogen and oxygen atoms in total.